The average Bonchev–Trinajstić information content (AvgIpc) is 3.34. The number of aliphatic hydroxyl groups excluding tert-OH is 1. The summed E-state index contributed by atoms with van der Waals surface area (Å²) < 4.78 is 1.64. The summed E-state index contributed by atoms with van der Waals surface area (Å²) in [6, 6.07) is 14.4. The van der Waals surface area contributed by atoms with Crippen molar-refractivity contribution in [2.45, 2.75) is 17.8 Å². The van der Waals surface area contributed by atoms with E-state index in [1.54, 1.807) is 28.8 Å². The molecule has 0 spiro atoms. The predicted octanol–water partition coefficient (Wildman–Crippen LogP) is 4.69. The molecule has 0 bridgehead atoms. The summed E-state index contributed by atoms with van der Waals surface area (Å²) in [6.45, 7) is 0.198. The highest BCUT2D eigenvalue weighted by Gasteiger charge is 2.19. The average molecular weight is 429 g/mol. The number of fused-ring (bicyclic) bond motifs is 1. The molecule has 0 saturated heterocycles. The van der Waals surface area contributed by atoms with Crippen molar-refractivity contribution in [3.05, 3.63) is 59.9 Å². The van der Waals surface area contributed by atoms with Gasteiger partial charge in [-0.25, -0.2) is 4.98 Å². The Bertz CT molecular complexity index is 1130. The lowest BCUT2D eigenvalue weighted by molar-refractivity contribution is 0.175. The van der Waals surface area contributed by atoms with Crippen molar-refractivity contribution in [3.63, 3.8) is 0 Å². The topological polar surface area (TPSA) is 112 Å². The van der Waals surface area contributed by atoms with Gasteiger partial charge in [-0.15, -0.1) is 5.11 Å². The van der Waals surface area contributed by atoms with Gasteiger partial charge in [-0.05, 0) is 30.3 Å². The van der Waals surface area contributed by atoms with Crippen LogP contribution in [0.15, 0.2) is 70.2 Å². The Morgan fingerprint density at radius 1 is 1.14 bits per heavy atom. The van der Waals surface area contributed by atoms with E-state index in [1.165, 1.54) is 18.1 Å². The molecule has 148 valence electrons. The number of para-hydroxylation sites is 1. The fourth-order valence-corrected chi connectivity index (χ4v) is 3.69. The summed E-state index contributed by atoms with van der Waals surface area (Å²) in [7, 11) is 0. The van der Waals surface area contributed by atoms with E-state index in [0.29, 0.717) is 27.3 Å². The first-order valence-electron chi connectivity index (χ1n) is 8.75. The van der Waals surface area contributed by atoms with Gasteiger partial charge in [-0.1, -0.05) is 41.6 Å². The number of aromatic amines is 1. The monoisotopic (exact) mass is 428 g/mol. The number of thioether (sulfide) groups is 1. The molecule has 0 aliphatic carbocycles. The van der Waals surface area contributed by atoms with Crippen molar-refractivity contribution in [2.24, 2.45) is 10.2 Å². The number of aliphatic hydroxyl groups is 1. The van der Waals surface area contributed by atoms with E-state index in [4.69, 9.17) is 11.6 Å². The van der Waals surface area contributed by atoms with Gasteiger partial charge in [0.2, 0.25) is 5.88 Å². The lowest BCUT2D eigenvalue weighted by Gasteiger charge is -2.12. The molecule has 4 aromatic rings. The third kappa shape index (κ3) is 4.42. The second kappa shape index (κ2) is 8.64. The lowest BCUT2D eigenvalue weighted by Crippen LogP contribution is -2.18. The molecule has 0 amide bonds. The molecule has 29 heavy (non-hydrogen) atoms. The number of benzene rings is 2. The van der Waals surface area contributed by atoms with Crippen LogP contribution in [0.4, 0.5) is 11.4 Å². The van der Waals surface area contributed by atoms with Crippen LogP contribution in [-0.4, -0.2) is 41.8 Å². The first kappa shape index (κ1) is 19.4. The van der Waals surface area contributed by atoms with Crippen LogP contribution in [0.25, 0.3) is 10.9 Å². The molecular formula is C19H17ClN6O2S. The number of hydrogen-bond donors (Lipinski definition) is 3. The molecule has 0 aliphatic heterocycles. The van der Waals surface area contributed by atoms with Crippen molar-refractivity contribution in [3.8, 4) is 5.88 Å². The lowest BCUT2D eigenvalue weighted by atomic mass is 10.2. The molecule has 3 N–H and O–H groups in total. The van der Waals surface area contributed by atoms with Gasteiger partial charge in [-0.2, -0.15) is 10.2 Å². The zero-order chi connectivity index (χ0) is 20.2. The molecule has 0 radical (unpaired) electrons. The molecule has 8 nitrogen and oxygen atoms in total. The number of aromatic nitrogens is 4. The quantitative estimate of drug-likeness (QED) is 0.292. The zero-order valence-electron chi connectivity index (χ0n) is 15.1. The van der Waals surface area contributed by atoms with Crippen LogP contribution < -0.4 is 0 Å². The molecule has 1 unspecified atom stereocenters. The van der Waals surface area contributed by atoms with E-state index in [9.17, 15) is 10.2 Å². The molecule has 2 heterocycles. The van der Waals surface area contributed by atoms with Crippen molar-refractivity contribution >= 4 is 45.6 Å². The summed E-state index contributed by atoms with van der Waals surface area (Å²) >= 11 is 7.25. The number of nitrogens with one attached hydrogen (secondary N) is 1. The number of hydrogen-bond acceptors (Lipinski definition) is 7. The highest BCUT2D eigenvalue weighted by molar-refractivity contribution is 7.99. The molecule has 2 aromatic heterocycles. The van der Waals surface area contributed by atoms with Gasteiger partial charge in [0.15, 0.2) is 10.8 Å². The number of azo groups is 1. The normalized spacial score (nSPS) is 12.8. The summed E-state index contributed by atoms with van der Waals surface area (Å²) in [5.41, 5.74) is 1.73. The van der Waals surface area contributed by atoms with E-state index in [2.05, 4.69) is 25.4 Å². The summed E-state index contributed by atoms with van der Waals surface area (Å²) in [5, 5.41) is 38.2. The second-order valence-electron chi connectivity index (χ2n) is 6.23. The third-order valence-corrected chi connectivity index (χ3v) is 5.48. The van der Waals surface area contributed by atoms with Crippen LogP contribution in [0.1, 0.15) is 0 Å². The molecule has 2 aromatic carbocycles. The van der Waals surface area contributed by atoms with Gasteiger partial charge >= 0.3 is 0 Å². The highest BCUT2D eigenvalue weighted by Crippen LogP contribution is 2.39. The Hall–Kier alpha value is -2.88. The predicted molar refractivity (Wildman–Crippen MR) is 112 cm³/mol. The highest BCUT2D eigenvalue weighted by atomic mass is 35.5. The van der Waals surface area contributed by atoms with Gasteiger partial charge < -0.3 is 14.8 Å². The van der Waals surface area contributed by atoms with Gasteiger partial charge in [0.1, 0.15) is 6.33 Å². The maximum atomic E-state index is 10.8. The minimum absolute atomic E-state index is 0.0485. The molecule has 10 heteroatoms. The summed E-state index contributed by atoms with van der Waals surface area (Å²) in [5.74, 6) is 0.343. The number of aromatic hydroxyl groups is 1. The smallest absolute Gasteiger partial charge is 0.220 e. The Kier molecular flexibility index (Phi) is 5.79. The molecule has 4 rings (SSSR count). The zero-order valence-corrected chi connectivity index (χ0v) is 16.7. The minimum Gasteiger partial charge on any atom is -0.493 e. The van der Waals surface area contributed by atoms with E-state index < -0.39 is 6.10 Å². The van der Waals surface area contributed by atoms with E-state index in [0.717, 1.165) is 10.9 Å². The molecule has 0 saturated carbocycles. The number of halogens is 1. The Morgan fingerprint density at radius 2 is 1.93 bits per heavy atom. The maximum Gasteiger partial charge on any atom is 0.220 e. The SMILES string of the molecule is Oc1c(N=Nc2ccc(Cl)cc2)c2ccccc2n1CC(O)CSc1ncn[nH]1. The first-order valence-corrected chi connectivity index (χ1v) is 10.1. The molecule has 0 fully saturated rings. The van der Waals surface area contributed by atoms with Crippen LogP contribution in [0.3, 0.4) is 0 Å². The van der Waals surface area contributed by atoms with Crippen molar-refractivity contribution < 1.29 is 10.2 Å². The second-order valence-corrected chi connectivity index (χ2v) is 7.68. The largest absolute Gasteiger partial charge is 0.493 e. The number of H-pyrrole nitrogens is 1. The summed E-state index contributed by atoms with van der Waals surface area (Å²) in [4.78, 5) is 4.02. The number of nitrogens with zero attached hydrogens (tertiary/aromatic N) is 5. The van der Waals surface area contributed by atoms with E-state index in [1.807, 2.05) is 24.3 Å². The molecule has 0 aliphatic rings. The molecule has 1 atom stereocenters. The fraction of sp³-hybridized carbons (Fsp3) is 0.158. The van der Waals surface area contributed by atoms with Gasteiger partial charge in [0, 0.05) is 16.2 Å². The standard InChI is InChI=1S/C19H17ClN6O2S/c20-12-5-7-13(8-6-12)23-24-17-15-3-1-2-4-16(15)26(18(17)28)9-14(27)10-29-19-21-11-22-25-19/h1-8,11,14,27-28H,9-10H2,(H,21,22,25). The Balaban J connectivity index is 1.59. The Morgan fingerprint density at radius 3 is 2.69 bits per heavy atom. The third-order valence-electron chi connectivity index (χ3n) is 4.21. The van der Waals surface area contributed by atoms with Gasteiger partial charge in [0.05, 0.1) is 23.9 Å². The van der Waals surface area contributed by atoms with Crippen LogP contribution in [0, 0.1) is 0 Å². The Labute approximate surface area is 175 Å². The first-order chi connectivity index (χ1) is 14.1. The molecular weight excluding hydrogens is 412 g/mol. The van der Waals surface area contributed by atoms with Crippen LogP contribution >= 0.6 is 23.4 Å². The van der Waals surface area contributed by atoms with Gasteiger partial charge in [0.25, 0.3) is 0 Å². The number of rotatable bonds is 7. The van der Waals surface area contributed by atoms with Crippen LogP contribution in [0.5, 0.6) is 5.88 Å². The maximum absolute atomic E-state index is 10.8. The van der Waals surface area contributed by atoms with Crippen molar-refractivity contribution in [1.29, 1.82) is 0 Å². The van der Waals surface area contributed by atoms with E-state index in [-0.39, 0.29) is 12.4 Å². The van der Waals surface area contributed by atoms with E-state index >= 15 is 0 Å². The minimum atomic E-state index is -0.715. The van der Waals surface area contributed by atoms with Gasteiger partial charge in [-0.3, -0.25) is 5.10 Å². The fourth-order valence-electron chi connectivity index (χ4n) is 2.87. The van der Waals surface area contributed by atoms with Crippen LogP contribution in [0.2, 0.25) is 5.02 Å². The summed E-state index contributed by atoms with van der Waals surface area (Å²) in [6.07, 6.45) is 0.700. The van der Waals surface area contributed by atoms with Crippen molar-refractivity contribution in [1.82, 2.24) is 19.7 Å². The van der Waals surface area contributed by atoms with Crippen LogP contribution in [-0.2, 0) is 6.54 Å². The van der Waals surface area contributed by atoms with Crippen molar-refractivity contribution in [2.75, 3.05) is 5.75 Å².